The van der Waals surface area contributed by atoms with Crippen LogP contribution in [-0.4, -0.2) is 26.4 Å². The van der Waals surface area contributed by atoms with Crippen molar-refractivity contribution >= 4 is 35.0 Å². The van der Waals surface area contributed by atoms with Crippen LogP contribution in [0.3, 0.4) is 0 Å². The third kappa shape index (κ3) is 5.17. The molecule has 0 saturated heterocycles. The van der Waals surface area contributed by atoms with E-state index >= 15 is 0 Å². The number of rotatable bonds is 7. The number of aromatic nitrogens is 3. The lowest BCUT2D eigenvalue weighted by molar-refractivity contribution is -0.113. The Bertz CT molecular complexity index is 1110. The Morgan fingerprint density at radius 2 is 2.07 bits per heavy atom. The molecule has 0 bridgehead atoms. The summed E-state index contributed by atoms with van der Waals surface area (Å²) in [5.41, 5.74) is 1.21. The summed E-state index contributed by atoms with van der Waals surface area (Å²) in [6.45, 7) is 4.67. The predicted molar refractivity (Wildman–Crippen MR) is 116 cm³/mol. The lowest BCUT2D eigenvalue weighted by Gasteiger charge is -2.13. The molecule has 1 amide bonds. The third-order valence-electron chi connectivity index (χ3n) is 4.08. The van der Waals surface area contributed by atoms with E-state index in [2.05, 4.69) is 15.5 Å². The quantitative estimate of drug-likeness (QED) is 0.519. The van der Waals surface area contributed by atoms with Crippen LogP contribution in [0.2, 0.25) is 5.02 Å². The topological polar surface area (TPSA) is 83.6 Å². The van der Waals surface area contributed by atoms with E-state index in [0.29, 0.717) is 34.3 Å². The Balaban J connectivity index is 1.75. The van der Waals surface area contributed by atoms with Crippen LogP contribution in [0.4, 0.5) is 10.1 Å². The molecule has 1 heterocycles. The molecule has 0 aliphatic heterocycles. The molecule has 3 rings (SSSR count). The highest BCUT2D eigenvalue weighted by Gasteiger charge is 2.19. The maximum Gasteiger partial charge on any atom is 0.234 e. The Hall–Kier alpha value is -2.89. The van der Waals surface area contributed by atoms with Gasteiger partial charge in [-0.1, -0.05) is 49.3 Å². The number of carbonyl (C=O) groups is 1. The van der Waals surface area contributed by atoms with Crippen molar-refractivity contribution in [2.45, 2.75) is 25.5 Å². The molecule has 1 aromatic heterocycles. The summed E-state index contributed by atoms with van der Waals surface area (Å²) in [4.78, 5) is 12.4. The van der Waals surface area contributed by atoms with Gasteiger partial charge < -0.3 is 9.88 Å². The first kappa shape index (κ1) is 21.8. The first-order chi connectivity index (χ1) is 14.4. The highest BCUT2D eigenvalue weighted by atomic mass is 35.5. The number of carbonyl (C=O) groups excluding carboxylic acids is 1. The second-order valence-corrected chi connectivity index (χ2v) is 8.28. The number of halogens is 2. The number of nitrogens with zero attached hydrogens (tertiary/aromatic N) is 4. The zero-order valence-corrected chi connectivity index (χ0v) is 18.0. The minimum absolute atomic E-state index is 0.0884. The fourth-order valence-corrected chi connectivity index (χ4v) is 3.75. The molecule has 0 fully saturated rings. The minimum atomic E-state index is -0.373. The number of benzene rings is 2. The number of anilines is 1. The van der Waals surface area contributed by atoms with E-state index in [4.69, 9.17) is 16.9 Å². The summed E-state index contributed by atoms with van der Waals surface area (Å²) in [7, 11) is 0. The molecule has 3 aromatic rings. The van der Waals surface area contributed by atoms with Gasteiger partial charge in [0.15, 0.2) is 11.0 Å². The summed E-state index contributed by atoms with van der Waals surface area (Å²) in [6.07, 6.45) is 0. The van der Waals surface area contributed by atoms with E-state index in [-0.39, 0.29) is 28.4 Å². The summed E-state index contributed by atoms with van der Waals surface area (Å²) < 4.78 is 16.1. The zero-order chi connectivity index (χ0) is 21.7. The molecule has 0 unspecified atom stereocenters. The Kier molecular flexibility index (Phi) is 7.08. The van der Waals surface area contributed by atoms with Crippen LogP contribution in [0, 0.1) is 23.1 Å². The molecule has 0 atom stereocenters. The largest absolute Gasteiger partial charge is 0.325 e. The van der Waals surface area contributed by atoms with Gasteiger partial charge in [-0.05, 0) is 36.2 Å². The second-order valence-electron chi connectivity index (χ2n) is 6.93. The van der Waals surface area contributed by atoms with Crippen molar-refractivity contribution in [2.75, 3.05) is 11.1 Å². The minimum Gasteiger partial charge on any atom is -0.325 e. The third-order valence-corrected chi connectivity index (χ3v) is 5.36. The van der Waals surface area contributed by atoms with Gasteiger partial charge in [0.2, 0.25) is 5.91 Å². The van der Waals surface area contributed by atoms with Crippen molar-refractivity contribution in [2.24, 2.45) is 5.92 Å². The van der Waals surface area contributed by atoms with Crippen LogP contribution in [-0.2, 0) is 11.3 Å². The van der Waals surface area contributed by atoms with Crippen LogP contribution >= 0.6 is 23.4 Å². The monoisotopic (exact) mass is 443 g/mol. The number of hydrogen-bond acceptors (Lipinski definition) is 5. The standard InChI is InChI=1S/C21H19ClFN5OS/c1-13(2)11-28-20(16-5-3-4-6-18(16)23)26-27-21(28)30-12-19(29)25-15-8-7-14(10-24)17(22)9-15/h3-9,13H,11-12H2,1-2H3,(H,25,29). The van der Waals surface area contributed by atoms with Crippen molar-refractivity contribution in [3.05, 3.63) is 58.9 Å². The number of amides is 1. The Labute approximate surface area is 183 Å². The molecule has 0 aliphatic carbocycles. The molecular weight excluding hydrogens is 425 g/mol. The number of nitrogens with one attached hydrogen (secondary N) is 1. The molecule has 154 valence electrons. The molecule has 0 radical (unpaired) electrons. The van der Waals surface area contributed by atoms with Gasteiger partial charge in [0.05, 0.1) is 21.9 Å². The molecular formula is C21H19ClFN5OS. The van der Waals surface area contributed by atoms with E-state index in [0.717, 1.165) is 0 Å². The fourth-order valence-electron chi connectivity index (χ4n) is 2.78. The zero-order valence-electron chi connectivity index (χ0n) is 16.4. The van der Waals surface area contributed by atoms with Gasteiger partial charge in [0.25, 0.3) is 0 Å². The average Bonchev–Trinajstić information content (AvgIpc) is 3.08. The SMILES string of the molecule is CC(C)Cn1c(SCC(=O)Nc2ccc(C#N)c(Cl)c2)nnc1-c1ccccc1F. The summed E-state index contributed by atoms with van der Waals surface area (Å²) >= 11 is 7.22. The van der Waals surface area contributed by atoms with E-state index in [1.165, 1.54) is 23.9 Å². The molecule has 30 heavy (non-hydrogen) atoms. The van der Waals surface area contributed by atoms with Gasteiger partial charge in [-0.3, -0.25) is 4.79 Å². The normalized spacial score (nSPS) is 10.8. The smallest absolute Gasteiger partial charge is 0.234 e. The number of hydrogen-bond donors (Lipinski definition) is 1. The van der Waals surface area contributed by atoms with Crippen LogP contribution in [0.25, 0.3) is 11.4 Å². The summed E-state index contributed by atoms with van der Waals surface area (Å²) in [5.74, 6) is 0.170. The Morgan fingerprint density at radius 3 is 2.73 bits per heavy atom. The van der Waals surface area contributed by atoms with Gasteiger partial charge in [0.1, 0.15) is 11.9 Å². The van der Waals surface area contributed by atoms with Gasteiger partial charge >= 0.3 is 0 Å². The summed E-state index contributed by atoms with van der Waals surface area (Å²) in [6, 6.07) is 13.1. The molecule has 0 aliphatic rings. The van der Waals surface area contributed by atoms with E-state index in [1.54, 1.807) is 30.3 Å². The van der Waals surface area contributed by atoms with Crippen molar-refractivity contribution < 1.29 is 9.18 Å². The predicted octanol–water partition coefficient (Wildman–Crippen LogP) is 5.00. The van der Waals surface area contributed by atoms with Crippen LogP contribution in [0.1, 0.15) is 19.4 Å². The van der Waals surface area contributed by atoms with Gasteiger partial charge in [-0.2, -0.15) is 5.26 Å². The van der Waals surface area contributed by atoms with Crippen molar-refractivity contribution in [3.63, 3.8) is 0 Å². The van der Waals surface area contributed by atoms with Crippen molar-refractivity contribution in [1.82, 2.24) is 14.8 Å². The fraction of sp³-hybridized carbons (Fsp3) is 0.238. The highest BCUT2D eigenvalue weighted by Crippen LogP contribution is 2.27. The molecule has 0 spiro atoms. The summed E-state index contributed by atoms with van der Waals surface area (Å²) in [5, 5.41) is 20.8. The lowest BCUT2D eigenvalue weighted by atomic mass is 10.2. The molecule has 6 nitrogen and oxygen atoms in total. The average molecular weight is 444 g/mol. The van der Waals surface area contributed by atoms with E-state index < -0.39 is 0 Å². The highest BCUT2D eigenvalue weighted by molar-refractivity contribution is 7.99. The first-order valence-corrected chi connectivity index (χ1v) is 10.6. The second kappa shape index (κ2) is 9.74. The van der Waals surface area contributed by atoms with E-state index in [1.807, 2.05) is 24.5 Å². The maximum absolute atomic E-state index is 14.3. The van der Waals surface area contributed by atoms with Crippen LogP contribution in [0.5, 0.6) is 0 Å². The Morgan fingerprint density at radius 1 is 1.30 bits per heavy atom. The number of thioether (sulfide) groups is 1. The van der Waals surface area contributed by atoms with E-state index in [9.17, 15) is 9.18 Å². The van der Waals surface area contributed by atoms with Crippen molar-refractivity contribution in [1.29, 1.82) is 5.26 Å². The van der Waals surface area contributed by atoms with Gasteiger partial charge in [-0.25, -0.2) is 4.39 Å². The first-order valence-electron chi connectivity index (χ1n) is 9.19. The molecule has 9 heteroatoms. The lowest BCUT2D eigenvalue weighted by Crippen LogP contribution is -2.15. The van der Waals surface area contributed by atoms with Gasteiger partial charge in [0, 0.05) is 12.2 Å². The number of nitriles is 1. The van der Waals surface area contributed by atoms with Crippen LogP contribution in [0.15, 0.2) is 47.6 Å². The van der Waals surface area contributed by atoms with Crippen LogP contribution < -0.4 is 5.32 Å². The van der Waals surface area contributed by atoms with Crippen molar-refractivity contribution in [3.8, 4) is 17.5 Å². The van der Waals surface area contributed by atoms with Gasteiger partial charge in [-0.15, -0.1) is 10.2 Å². The molecule has 0 saturated carbocycles. The molecule has 1 N–H and O–H groups in total. The molecule has 2 aromatic carbocycles. The maximum atomic E-state index is 14.3.